The van der Waals surface area contributed by atoms with E-state index in [1.807, 2.05) is 24.4 Å². The van der Waals surface area contributed by atoms with Gasteiger partial charge >= 0.3 is 0 Å². The molecule has 0 spiro atoms. The Morgan fingerprint density at radius 2 is 2.21 bits per heavy atom. The number of hydrogen-bond acceptors (Lipinski definition) is 4. The lowest BCUT2D eigenvalue weighted by atomic mass is 10.0. The van der Waals surface area contributed by atoms with Gasteiger partial charge in [-0.2, -0.15) is 0 Å². The van der Waals surface area contributed by atoms with Crippen LogP contribution in [0.1, 0.15) is 19.5 Å². The molecule has 19 heavy (non-hydrogen) atoms. The van der Waals surface area contributed by atoms with E-state index < -0.39 is 0 Å². The summed E-state index contributed by atoms with van der Waals surface area (Å²) in [6, 6.07) is -0.351. The average molecular weight is 326 g/mol. The van der Waals surface area contributed by atoms with Gasteiger partial charge in [-0.3, -0.25) is 14.5 Å². The van der Waals surface area contributed by atoms with Gasteiger partial charge in [-0.15, -0.1) is 0 Å². The number of fused-ring (bicyclic) bond motifs is 1. The molecule has 102 valence electrons. The number of hydrogen-bond donors (Lipinski definition) is 2. The Balaban J connectivity index is 2.17. The highest BCUT2D eigenvalue weighted by Gasteiger charge is 2.19. The van der Waals surface area contributed by atoms with Crippen LogP contribution < -0.4 is 11.1 Å². The third kappa shape index (κ3) is 3.10. The standard InChI is InChI=1S/C12H16BrN5O/c1-7(2)11(12(14)19)17-4-8-3-16-10-5-15-9(13)6-18(8)10/h3,5-7,11,17H,4H2,1-2H3,(H2,14,19). The van der Waals surface area contributed by atoms with Gasteiger partial charge in [0, 0.05) is 12.7 Å². The minimum absolute atomic E-state index is 0.144. The lowest BCUT2D eigenvalue weighted by Gasteiger charge is -2.18. The Hall–Kier alpha value is -1.47. The molecule has 2 aromatic heterocycles. The van der Waals surface area contributed by atoms with E-state index in [0.29, 0.717) is 6.54 Å². The van der Waals surface area contributed by atoms with Gasteiger partial charge in [0.25, 0.3) is 0 Å². The van der Waals surface area contributed by atoms with Crippen molar-refractivity contribution in [1.82, 2.24) is 19.7 Å². The van der Waals surface area contributed by atoms with Crippen LogP contribution in [0.5, 0.6) is 0 Å². The zero-order valence-electron chi connectivity index (χ0n) is 10.8. The molecule has 2 rings (SSSR count). The molecular weight excluding hydrogens is 310 g/mol. The third-order valence-corrected chi connectivity index (χ3v) is 3.33. The summed E-state index contributed by atoms with van der Waals surface area (Å²) in [5, 5.41) is 3.16. The van der Waals surface area contributed by atoms with Gasteiger partial charge in [0.15, 0.2) is 5.65 Å². The molecule has 0 aliphatic heterocycles. The van der Waals surface area contributed by atoms with E-state index in [2.05, 4.69) is 31.2 Å². The van der Waals surface area contributed by atoms with Crippen LogP contribution in [0.15, 0.2) is 23.2 Å². The van der Waals surface area contributed by atoms with Crippen molar-refractivity contribution in [3.8, 4) is 0 Å². The van der Waals surface area contributed by atoms with Crippen LogP contribution >= 0.6 is 15.9 Å². The molecule has 0 aliphatic rings. The number of halogens is 1. The maximum atomic E-state index is 11.3. The van der Waals surface area contributed by atoms with Crippen molar-refractivity contribution in [1.29, 1.82) is 0 Å². The summed E-state index contributed by atoms with van der Waals surface area (Å²) in [5.74, 6) is -0.197. The van der Waals surface area contributed by atoms with Gasteiger partial charge in [-0.25, -0.2) is 9.97 Å². The quantitative estimate of drug-likeness (QED) is 0.861. The van der Waals surface area contributed by atoms with Crippen LogP contribution in [0.2, 0.25) is 0 Å². The van der Waals surface area contributed by atoms with Gasteiger partial charge in [-0.1, -0.05) is 13.8 Å². The summed E-state index contributed by atoms with van der Waals surface area (Å²) in [4.78, 5) is 19.7. The molecule has 0 aromatic carbocycles. The largest absolute Gasteiger partial charge is 0.368 e. The van der Waals surface area contributed by atoms with Crippen molar-refractivity contribution in [2.24, 2.45) is 11.7 Å². The first-order valence-corrected chi connectivity index (χ1v) is 6.78. The van der Waals surface area contributed by atoms with E-state index in [4.69, 9.17) is 5.73 Å². The molecule has 0 aliphatic carbocycles. The number of carbonyl (C=O) groups is 1. The fourth-order valence-corrected chi connectivity index (χ4v) is 2.23. The number of imidazole rings is 1. The van der Waals surface area contributed by atoms with Crippen LogP contribution in [0.4, 0.5) is 0 Å². The van der Waals surface area contributed by atoms with Crippen LogP contribution in [-0.2, 0) is 11.3 Å². The van der Waals surface area contributed by atoms with Crippen molar-refractivity contribution in [2.45, 2.75) is 26.4 Å². The van der Waals surface area contributed by atoms with Crippen LogP contribution in [0, 0.1) is 5.92 Å². The lowest BCUT2D eigenvalue weighted by molar-refractivity contribution is -0.121. The second-order valence-corrected chi connectivity index (χ2v) is 5.51. The molecule has 0 saturated heterocycles. The van der Waals surface area contributed by atoms with Crippen LogP contribution in [-0.4, -0.2) is 26.3 Å². The first kappa shape index (κ1) is 14.0. The highest BCUT2D eigenvalue weighted by Crippen LogP contribution is 2.11. The van der Waals surface area contributed by atoms with Crippen molar-refractivity contribution in [3.63, 3.8) is 0 Å². The maximum Gasteiger partial charge on any atom is 0.234 e. The lowest BCUT2D eigenvalue weighted by Crippen LogP contribution is -2.44. The van der Waals surface area contributed by atoms with Crippen molar-refractivity contribution in [2.75, 3.05) is 0 Å². The van der Waals surface area contributed by atoms with Gasteiger partial charge < -0.3 is 5.73 Å². The zero-order chi connectivity index (χ0) is 14.0. The molecule has 0 radical (unpaired) electrons. The number of nitrogens with one attached hydrogen (secondary N) is 1. The smallest absolute Gasteiger partial charge is 0.234 e. The fraction of sp³-hybridized carbons (Fsp3) is 0.417. The number of aromatic nitrogens is 3. The fourth-order valence-electron chi connectivity index (χ4n) is 1.93. The highest BCUT2D eigenvalue weighted by atomic mass is 79.9. The van der Waals surface area contributed by atoms with E-state index in [1.165, 1.54) is 0 Å². The molecule has 2 heterocycles. The first-order valence-electron chi connectivity index (χ1n) is 5.99. The van der Waals surface area contributed by atoms with Crippen molar-refractivity contribution >= 4 is 27.5 Å². The molecule has 0 bridgehead atoms. The van der Waals surface area contributed by atoms with Crippen molar-refractivity contribution in [3.05, 3.63) is 28.9 Å². The monoisotopic (exact) mass is 325 g/mol. The number of nitrogens with zero attached hydrogens (tertiary/aromatic N) is 3. The van der Waals surface area contributed by atoms with Crippen LogP contribution in [0.3, 0.4) is 0 Å². The normalized spacial score (nSPS) is 13.1. The molecule has 1 atom stereocenters. The predicted octanol–water partition coefficient (Wildman–Crippen LogP) is 1.09. The van der Waals surface area contributed by atoms with Gasteiger partial charge in [0.1, 0.15) is 4.60 Å². The predicted molar refractivity (Wildman–Crippen MR) is 75.3 cm³/mol. The maximum absolute atomic E-state index is 11.3. The summed E-state index contributed by atoms with van der Waals surface area (Å²) < 4.78 is 2.65. The molecule has 7 heteroatoms. The summed E-state index contributed by atoms with van der Waals surface area (Å²) in [7, 11) is 0. The minimum atomic E-state index is -0.351. The molecule has 0 saturated carbocycles. The third-order valence-electron chi connectivity index (χ3n) is 2.92. The average Bonchev–Trinajstić information content (AvgIpc) is 2.71. The molecule has 1 amide bonds. The van der Waals surface area contributed by atoms with E-state index in [-0.39, 0.29) is 17.9 Å². The molecule has 3 N–H and O–H groups in total. The summed E-state index contributed by atoms with van der Waals surface area (Å²) in [6.07, 6.45) is 5.28. The number of primary amides is 1. The summed E-state index contributed by atoms with van der Waals surface area (Å²) in [5.41, 5.74) is 7.09. The van der Waals surface area contributed by atoms with Gasteiger partial charge in [0.2, 0.25) is 5.91 Å². The zero-order valence-corrected chi connectivity index (χ0v) is 12.4. The van der Waals surface area contributed by atoms with E-state index in [1.54, 1.807) is 12.4 Å². The van der Waals surface area contributed by atoms with Gasteiger partial charge in [0.05, 0.1) is 24.1 Å². The van der Waals surface area contributed by atoms with E-state index in [9.17, 15) is 4.79 Å². The van der Waals surface area contributed by atoms with Gasteiger partial charge in [-0.05, 0) is 21.8 Å². The molecule has 1 unspecified atom stereocenters. The summed E-state index contributed by atoms with van der Waals surface area (Å²) in [6.45, 7) is 4.43. The van der Waals surface area contributed by atoms with Crippen LogP contribution in [0.25, 0.3) is 5.65 Å². The SMILES string of the molecule is CC(C)C(NCc1cnc2cnc(Br)cn12)C(N)=O. The number of rotatable bonds is 5. The highest BCUT2D eigenvalue weighted by molar-refractivity contribution is 9.10. The Bertz CT molecular complexity index is 595. The number of amides is 1. The second-order valence-electron chi connectivity index (χ2n) is 4.69. The summed E-state index contributed by atoms with van der Waals surface area (Å²) >= 11 is 3.32. The van der Waals surface area contributed by atoms with Crippen molar-refractivity contribution < 1.29 is 4.79 Å². The number of nitrogens with two attached hydrogens (primary N) is 1. The Kier molecular flexibility index (Phi) is 4.16. The topological polar surface area (TPSA) is 85.3 Å². The molecule has 6 nitrogen and oxygen atoms in total. The molecule has 2 aromatic rings. The Morgan fingerprint density at radius 1 is 1.47 bits per heavy atom. The second kappa shape index (κ2) is 5.66. The Morgan fingerprint density at radius 3 is 2.84 bits per heavy atom. The Labute approximate surface area is 119 Å². The number of carbonyl (C=O) groups excluding carboxylic acids is 1. The van der Waals surface area contributed by atoms with E-state index in [0.717, 1.165) is 15.9 Å². The molecular formula is C12H16BrN5O. The minimum Gasteiger partial charge on any atom is -0.368 e. The molecule has 0 fully saturated rings. The first-order chi connectivity index (χ1) is 8.99. The van der Waals surface area contributed by atoms with E-state index >= 15 is 0 Å².